The molecule has 3 nitrogen and oxygen atoms in total. The third-order valence-corrected chi connectivity index (χ3v) is 3.22. The van der Waals surface area contributed by atoms with Crippen molar-refractivity contribution < 1.29 is 8.78 Å². The van der Waals surface area contributed by atoms with Crippen molar-refractivity contribution in [3.05, 3.63) is 39.3 Å². The molecule has 96 valence electrons. The van der Waals surface area contributed by atoms with Gasteiger partial charge in [0.1, 0.15) is 11.6 Å². The molecule has 0 saturated heterocycles. The maximum Gasteiger partial charge on any atom is 0.229 e. The van der Waals surface area contributed by atoms with Gasteiger partial charge in [-0.25, -0.2) is 8.78 Å². The van der Waals surface area contributed by atoms with Gasteiger partial charge in [0.25, 0.3) is 0 Å². The molecule has 0 amide bonds. The molecular weight excluding hydrogens is 327 g/mol. The van der Waals surface area contributed by atoms with E-state index in [0.717, 1.165) is 6.07 Å². The lowest BCUT2D eigenvalue weighted by molar-refractivity contribution is 0.573. The van der Waals surface area contributed by atoms with Crippen LogP contribution in [0.15, 0.2) is 16.6 Å². The topological polar surface area (TPSA) is 30.7 Å². The van der Waals surface area contributed by atoms with Crippen LogP contribution in [-0.2, 0) is 0 Å². The number of aromatic nitrogens is 3. The van der Waals surface area contributed by atoms with Crippen molar-refractivity contribution >= 4 is 27.5 Å². The fourth-order valence-electron chi connectivity index (χ4n) is 1.61. The van der Waals surface area contributed by atoms with Gasteiger partial charge >= 0.3 is 0 Å². The molecule has 0 fully saturated rings. The normalized spacial score (nSPS) is 11.3. The van der Waals surface area contributed by atoms with Crippen LogP contribution in [0.25, 0.3) is 5.69 Å². The van der Waals surface area contributed by atoms with Gasteiger partial charge in [0.2, 0.25) is 5.28 Å². The Morgan fingerprint density at radius 1 is 1.28 bits per heavy atom. The van der Waals surface area contributed by atoms with Crippen LogP contribution < -0.4 is 0 Å². The molecule has 0 bridgehead atoms. The van der Waals surface area contributed by atoms with E-state index in [-0.39, 0.29) is 21.4 Å². The number of halogens is 4. The number of nitrogens with zero attached hydrogens (tertiary/aromatic N) is 3. The smallest absolute Gasteiger partial charge is 0.229 e. The van der Waals surface area contributed by atoms with Gasteiger partial charge in [-0.05, 0) is 33.6 Å². The number of hydrogen-bond acceptors (Lipinski definition) is 2. The van der Waals surface area contributed by atoms with Gasteiger partial charge < -0.3 is 0 Å². The lowest BCUT2D eigenvalue weighted by Gasteiger charge is -2.12. The first kappa shape index (κ1) is 13.4. The predicted molar refractivity (Wildman–Crippen MR) is 68.1 cm³/mol. The second-order valence-electron chi connectivity index (χ2n) is 4.04. The molecule has 0 unspecified atom stereocenters. The second kappa shape index (κ2) is 4.93. The summed E-state index contributed by atoms with van der Waals surface area (Å²) in [6.45, 7) is 3.76. The molecule has 0 N–H and O–H groups in total. The Labute approximate surface area is 116 Å². The third kappa shape index (κ3) is 2.27. The Bertz CT molecular complexity index is 575. The van der Waals surface area contributed by atoms with E-state index in [1.54, 1.807) is 0 Å². The SMILES string of the molecule is CC(C)c1nnc(Cl)n1-c1c(F)cc(F)cc1Br. The average molecular weight is 337 g/mol. The molecule has 2 aromatic rings. The fraction of sp³-hybridized carbons (Fsp3) is 0.273. The minimum absolute atomic E-state index is 0.00125. The summed E-state index contributed by atoms with van der Waals surface area (Å²) in [5.41, 5.74) is 0.107. The third-order valence-electron chi connectivity index (χ3n) is 2.37. The van der Waals surface area contributed by atoms with Gasteiger partial charge in [0.15, 0.2) is 5.82 Å². The summed E-state index contributed by atoms with van der Waals surface area (Å²) >= 11 is 9.04. The largest absolute Gasteiger partial charge is 0.265 e. The van der Waals surface area contributed by atoms with Crippen LogP contribution in [0, 0.1) is 11.6 Å². The molecule has 1 aromatic carbocycles. The zero-order chi connectivity index (χ0) is 13.4. The fourth-order valence-corrected chi connectivity index (χ4v) is 2.40. The zero-order valence-corrected chi connectivity index (χ0v) is 11.9. The van der Waals surface area contributed by atoms with Gasteiger partial charge in [0.05, 0.1) is 5.69 Å². The molecule has 0 saturated carbocycles. The quantitative estimate of drug-likeness (QED) is 0.827. The minimum Gasteiger partial charge on any atom is -0.265 e. The first-order valence-electron chi connectivity index (χ1n) is 5.17. The molecule has 0 atom stereocenters. The summed E-state index contributed by atoms with van der Waals surface area (Å²) < 4.78 is 28.6. The van der Waals surface area contributed by atoms with Gasteiger partial charge in [-0.15, -0.1) is 10.2 Å². The summed E-state index contributed by atoms with van der Waals surface area (Å²) in [6, 6.07) is 1.96. The Kier molecular flexibility index (Phi) is 3.68. The van der Waals surface area contributed by atoms with E-state index in [2.05, 4.69) is 26.1 Å². The molecule has 1 aromatic heterocycles. The maximum absolute atomic E-state index is 13.9. The maximum atomic E-state index is 13.9. The molecule has 0 aliphatic heterocycles. The Morgan fingerprint density at radius 2 is 1.94 bits per heavy atom. The highest BCUT2D eigenvalue weighted by Crippen LogP contribution is 2.30. The van der Waals surface area contributed by atoms with Crippen LogP contribution in [-0.4, -0.2) is 14.8 Å². The van der Waals surface area contributed by atoms with Crippen molar-refractivity contribution in [2.75, 3.05) is 0 Å². The standard InChI is InChI=1S/C11H9BrClF2N3/c1-5(2)10-16-17-11(13)18(10)9-7(12)3-6(14)4-8(9)15/h3-5H,1-2H3. The molecule has 7 heteroatoms. The predicted octanol–water partition coefficient (Wildman–Crippen LogP) is 4.08. The molecule has 0 aliphatic carbocycles. The highest BCUT2D eigenvalue weighted by Gasteiger charge is 2.20. The number of hydrogen-bond donors (Lipinski definition) is 0. The van der Waals surface area contributed by atoms with E-state index in [9.17, 15) is 8.78 Å². The van der Waals surface area contributed by atoms with Gasteiger partial charge in [-0.1, -0.05) is 13.8 Å². The Balaban J connectivity index is 2.73. The zero-order valence-electron chi connectivity index (χ0n) is 9.59. The first-order valence-corrected chi connectivity index (χ1v) is 6.34. The van der Waals surface area contributed by atoms with Crippen molar-refractivity contribution in [1.29, 1.82) is 0 Å². The summed E-state index contributed by atoms with van der Waals surface area (Å²) in [5, 5.41) is 7.64. The minimum atomic E-state index is -0.731. The molecule has 0 spiro atoms. The van der Waals surface area contributed by atoms with Crippen LogP contribution in [0.1, 0.15) is 25.6 Å². The first-order chi connectivity index (χ1) is 8.41. The molecule has 1 heterocycles. The molecular formula is C11H9BrClF2N3. The summed E-state index contributed by atoms with van der Waals surface area (Å²) in [4.78, 5) is 0. The van der Waals surface area contributed by atoms with E-state index in [0.29, 0.717) is 5.82 Å². The van der Waals surface area contributed by atoms with Crippen molar-refractivity contribution in [3.63, 3.8) is 0 Å². The Morgan fingerprint density at radius 3 is 2.50 bits per heavy atom. The van der Waals surface area contributed by atoms with E-state index >= 15 is 0 Å². The highest BCUT2D eigenvalue weighted by atomic mass is 79.9. The second-order valence-corrected chi connectivity index (χ2v) is 5.23. The van der Waals surface area contributed by atoms with Crippen molar-refractivity contribution in [2.24, 2.45) is 0 Å². The van der Waals surface area contributed by atoms with Crippen molar-refractivity contribution in [2.45, 2.75) is 19.8 Å². The molecule has 0 aliphatic rings. The van der Waals surface area contributed by atoms with Crippen LogP contribution in [0.3, 0.4) is 0 Å². The van der Waals surface area contributed by atoms with Crippen molar-refractivity contribution in [1.82, 2.24) is 14.8 Å². The molecule has 18 heavy (non-hydrogen) atoms. The monoisotopic (exact) mass is 335 g/mol. The number of rotatable bonds is 2. The lowest BCUT2D eigenvalue weighted by Crippen LogP contribution is -2.06. The van der Waals surface area contributed by atoms with Crippen molar-refractivity contribution in [3.8, 4) is 5.69 Å². The summed E-state index contributed by atoms with van der Waals surface area (Å²) in [7, 11) is 0. The summed E-state index contributed by atoms with van der Waals surface area (Å²) in [6.07, 6.45) is 0. The van der Waals surface area contributed by atoms with E-state index in [1.165, 1.54) is 10.6 Å². The lowest BCUT2D eigenvalue weighted by atomic mass is 10.2. The molecule has 0 radical (unpaired) electrons. The average Bonchev–Trinajstić information content (AvgIpc) is 2.59. The van der Waals surface area contributed by atoms with E-state index < -0.39 is 11.6 Å². The highest BCUT2D eigenvalue weighted by molar-refractivity contribution is 9.10. The van der Waals surface area contributed by atoms with Gasteiger partial charge in [-0.3, -0.25) is 4.57 Å². The molecule has 2 rings (SSSR count). The van der Waals surface area contributed by atoms with Crippen LogP contribution in [0.2, 0.25) is 5.28 Å². The van der Waals surface area contributed by atoms with Crippen LogP contribution in [0.5, 0.6) is 0 Å². The summed E-state index contributed by atoms with van der Waals surface area (Å²) in [5.74, 6) is -0.892. The van der Waals surface area contributed by atoms with Gasteiger partial charge in [-0.2, -0.15) is 0 Å². The number of benzene rings is 1. The van der Waals surface area contributed by atoms with Crippen LogP contribution >= 0.6 is 27.5 Å². The van der Waals surface area contributed by atoms with E-state index in [1.807, 2.05) is 13.8 Å². The Hall–Kier alpha value is -1.01. The van der Waals surface area contributed by atoms with E-state index in [4.69, 9.17) is 11.6 Å². The van der Waals surface area contributed by atoms with Crippen LogP contribution in [0.4, 0.5) is 8.78 Å². The van der Waals surface area contributed by atoms with Gasteiger partial charge in [0, 0.05) is 16.5 Å².